The van der Waals surface area contributed by atoms with Crippen molar-refractivity contribution in [1.29, 1.82) is 0 Å². The molecule has 0 aromatic heterocycles. The Hall–Kier alpha value is 0.459. The molecule has 2 aliphatic rings. The largest absolute Gasteiger partial charge is 4.00 e. The van der Waals surface area contributed by atoms with Gasteiger partial charge in [0.2, 0.25) is 0 Å². The summed E-state index contributed by atoms with van der Waals surface area (Å²) < 4.78 is 0. The molecule has 0 aromatic rings. The van der Waals surface area contributed by atoms with Crippen LogP contribution in [0.25, 0.3) is 0 Å². The van der Waals surface area contributed by atoms with Crippen LogP contribution in [0.15, 0.2) is 23.7 Å². The van der Waals surface area contributed by atoms with Gasteiger partial charge in [0, 0.05) is 0 Å². The molecule has 0 fully saturated rings. The third-order valence-corrected chi connectivity index (χ3v) is 2.50. The molecular weight excluding hydrogens is 366 g/mol. The Morgan fingerprint density at radius 1 is 0.706 bits per heavy atom. The van der Waals surface area contributed by atoms with Crippen LogP contribution in [0.1, 0.15) is 51.4 Å². The molecule has 0 unspecified atom stereocenters. The van der Waals surface area contributed by atoms with E-state index in [1.807, 2.05) is 0 Å². The number of hydrogen-bond acceptors (Lipinski definition) is 2. The van der Waals surface area contributed by atoms with E-state index in [0.29, 0.717) is 11.5 Å². The minimum absolute atomic E-state index is 0. The third kappa shape index (κ3) is 12.7. The first-order valence-electron chi connectivity index (χ1n) is 5.51. The minimum atomic E-state index is 0. The van der Waals surface area contributed by atoms with Crippen molar-refractivity contribution >= 4 is 23.9 Å². The van der Waals surface area contributed by atoms with E-state index in [1.54, 1.807) is 12.2 Å². The number of hydrogen-bond donors (Lipinski definition) is 0. The van der Waals surface area contributed by atoms with Crippen molar-refractivity contribution in [1.82, 2.24) is 0 Å². The van der Waals surface area contributed by atoms with Gasteiger partial charge in [-0.15, -0.1) is 11.5 Å². The van der Waals surface area contributed by atoms with Crippen molar-refractivity contribution in [2.45, 2.75) is 51.4 Å². The standard InChI is InChI=1S/2C6H10O.2ClH.Sn/c2*7-6-4-2-1-3-5-6;;;/h2*4,7H,1-3,5H2;2*1H;/q;;;;+4/p-4. The van der Waals surface area contributed by atoms with Crippen LogP contribution in [0.4, 0.5) is 0 Å². The molecule has 5 heteroatoms. The molecule has 0 spiro atoms. The Labute approximate surface area is 133 Å². The van der Waals surface area contributed by atoms with E-state index in [4.69, 9.17) is 0 Å². The molecule has 2 nitrogen and oxygen atoms in total. The van der Waals surface area contributed by atoms with Gasteiger partial charge in [-0.25, -0.2) is 0 Å². The Morgan fingerprint density at radius 2 is 1.06 bits per heavy atom. The van der Waals surface area contributed by atoms with Gasteiger partial charge in [0.15, 0.2) is 0 Å². The zero-order chi connectivity index (χ0) is 10.2. The number of allylic oxidation sites excluding steroid dienone is 4. The van der Waals surface area contributed by atoms with Crippen molar-refractivity contribution in [3.8, 4) is 0 Å². The van der Waals surface area contributed by atoms with Crippen LogP contribution in [0.3, 0.4) is 0 Å². The average molecular weight is 384 g/mol. The maximum Gasteiger partial charge on any atom is 4.00 e. The van der Waals surface area contributed by atoms with Crippen molar-refractivity contribution in [2.24, 2.45) is 0 Å². The number of rotatable bonds is 0. The van der Waals surface area contributed by atoms with Gasteiger partial charge >= 0.3 is 23.9 Å². The second-order valence-corrected chi connectivity index (χ2v) is 3.83. The summed E-state index contributed by atoms with van der Waals surface area (Å²) in [6.07, 6.45) is 11.8. The van der Waals surface area contributed by atoms with Gasteiger partial charge in [0.05, 0.1) is 0 Å². The smallest absolute Gasteiger partial charge is 1.00 e. The van der Waals surface area contributed by atoms with Crippen LogP contribution >= 0.6 is 0 Å². The topological polar surface area (TPSA) is 46.1 Å². The van der Waals surface area contributed by atoms with Crippen LogP contribution in [-0.4, -0.2) is 23.9 Å². The fourth-order valence-corrected chi connectivity index (χ4v) is 1.62. The first-order chi connectivity index (χ1) is 6.79. The van der Waals surface area contributed by atoms with Crippen molar-refractivity contribution in [3.05, 3.63) is 23.7 Å². The summed E-state index contributed by atoms with van der Waals surface area (Å²) in [5, 5.41) is 20.8. The molecule has 2 rings (SSSR count). The molecule has 96 valence electrons. The summed E-state index contributed by atoms with van der Waals surface area (Å²) in [4.78, 5) is 0. The number of halogens is 2. The molecule has 0 saturated heterocycles. The monoisotopic (exact) mass is 384 g/mol. The van der Waals surface area contributed by atoms with Crippen molar-refractivity contribution in [2.75, 3.05) is 0 Å². The Kier molecular flexibility index (Phi) is 19.3. The molecular formula is C12H18Cl2O2Sn. The van der Waals surface area contributed by atoms with E-state index < -0.39 is 0 Å². The molecule has 17 heavy (non-hydrogen) atoms. The third-order valence-electron chi connectivity index (χ3n) is 2.50. The average Bonchev–Trinajstić information content (AvgIpc) is 2.21. The van der Waals surface area contributed by atoms with Gasteiger partial charge in [0.1, 0.15) is 0 Å². The zero-order valence-electron chi connectivity index (χ0n) is 9.88. The molecule has 0 radical (unpaired) electrons. The van der Waals surface area contributed by atoms with E-state index in [1.165, 1.54) is 12.8 Å². The van der Waals surface area contributed by atoms with Crippen LogP contribution in [0.2, 0.25) is 0 Å². The first kappa shape index (κ1) is 22.6. The van der Waals surface area contributed by atoms with Crippen molar-refractivity contribution < 1.29 is 35.0 Å². The predicted molar refractivity (Wildman–Crippen MR) is 58.9 cm³/mol. The Bertz CT molecular complexity index is 207. The summed E-state index contributed by atoms with van der Waals surface area (Å²) >= 11 is 0. The zero-order valence-corrected chi connectivity index (χ0v) is 14.2. The normalized spacial score (nSPS) is 17.6. The van der Waals surface area contributed by atoms with E-state index in [2.05, 4.69) is 0 Å². The Balaban J connectivity index is -0.000000196. The quantitative estimate of drug-likeness (QED) is 0.394. The SMILES string of the molecule is [Cl-].[Cl-].[O-]C1=CCCCC1.[O-]C1=CCCCC1.[Sn+4]. The molecule has 0 N–H and O–H groups in total. The summed E-state index contributed by atoms with van der Waals surface area (Å²) in [5.41, 5.74) is 0. The second kappa shape index (κ2) is 14.5. The maximum atomic E-state index is 10.4. The van der Waals surface area contributed by atoms with Gasteiger partial charge in [0.25, 0.3) is 0 Å². The van der Waals surface area contributed by atoms with Gasteiger partial charge in [-0.2, -0.15) is 0 Å². The van der Waals surface area contributed by atoms with Gasteiger partial charge < -0.3 is 35.0 Å². The molecule has 0 heterocycles. The van der Waals surface area contributed by atoms with Crippen LogP contribution in [0.5, 0.6) is 0 Å². The molecule has 0 amide bonds. The van der Waals surface area contributed by atoms with Crippen molar-refractivity contribution in [3.63, 3.8) is 0 Å². The molecule has 2 aliphatic carbocycles. The molecule has 0 aromatic carbocycles. The van der Waals surface area contributed by atoms with Crippen LogP contribution in [-0.2, 0) is 0 Å². The van der Waals surface area contributed by atoms with E-state index in [9.17, 15) is 10.2 Å². The fraction of sp³-hybridized carbons (Fsp3) is 0.667. The second-order valence-electron chi connectivity index (χ2n) is 3.83. The van der Waals surface area contributed by atoms with Gasteiger partial charge in [-0.1, -0.05) is 25.0 Å². The van der Waals surface area contributed by atoms with Gasteiger partial charge in [-0.05, 0) is 38.5 Å². The predicted octanol–water partition coefficient (Wildman–Crippen LogP) is -4.76. The maximum absolute atomic E-state index is 10.4. The van der Waals surface area contributed by atoms with E-state index >= 15 is 0 Å². The molecule has 0 bridgehead atoms. The summed E-state index contributed by atoms with van der Waals surface area (Å²) in [5.74, 6) is 0.678. The van der Waals surface area contributed by atoms with Gasteiger partial charge in [-0.3, -0.25) is 0 Å². The summed E-state index contributed by atoms with van der Waals surface area (Å²) in [6.45, 7) is 0. The van der Waals surface area contributed by atoms with Crippen LogP contribution < -0.4 is 35.0 Å². The molecule has 0 aliphatic heterocycles. The first-order valence-corrected chi connectivity index (χ1v) is 5.51. The van der Waals surface area contributed by atoms with E-state index in [-0.39, 0.29) is 48.7 Å². The van der Waals surface area contributed by atoms with E-state index in [0.717, 1.165) is 38.5 Å². The summed E-state index contributed by atoms with van der Waals surface area (Å²) in [7, 11) is 0. The molecule has 0 saturated carbocycles. The fourth-order valence-electron chi connectivity index (χ4n) is 1.62. The minimum Gasteiger partial charge on any atom is -1.00 e. The Morgan fingerprint density at radius 3 is 1.18 bits per heavy atom. The van der Waals surface area contributed by atoms with Crippen LogP contribution in [0, 0.1) is 0 Å². The summed E-state index contributed by atoms with van der Waals surface area (Å²) in [6, 6.07) is 0. The molecule has 0 atom stereocenters.